The molecule has 4 heteroatoms. The molecule has 84 valence electrons. The van der Waals surface area contributed by atoms with Crippen molar-refractivity contribution in [2.24, 2.45) is 5.92 Å². The third-order valence-electron chi connectivity index (χ3n) is 2.31. The van der Waals surface area contributed by atoms with Gasteiger partial charge < -0.3 is 10.4 Å². The maximum Gasteiger partial charge on any atom is 0.141 e. The van der Waals surface area contributed by atoms with Crippen LogP contribution in [0.4, 0.5) is 4.39 Å². The smallest absolute Gasteiger partial charge is 0.141 e. The van der Waals surface area contributed by atoms with E-state index < -0.39 is 0 Å². The zero-order chi connectivity index (χ0) is 11.3. The van der Waals surface area contributed by atoms with Gasteiger partial charge in [-0.1, -0.05) is 6.92 Å². The Bertz CT molecular complexity index is 306. The van der Waals surface area contributed by atoms with Gasteiger partial charge in [0.15, 0.2) is 0 Å². The van der Waals surface area contributed by atoms with Crippen LogP contribution in [0, 0.1) is 11.7 Å². The minimum Gasteiger partial charge on any atom is -0.396 e. The third-order valence-corrected chi connectivity index (χ3v) is 2.31. The van der Waals surface area contributed by atoms with E-state index in [-0.39, 0.29) is 24.4 Å². The SMILES string of the molecule is CC(CO)CNC(C)c1cncc(F)c1. The number of nitrogens with one attached hydrogen (secondary N) is 1. The fourth-order valence-electron chi connectivity index (χ4n) is 1.23. The molecule has 0 aliphatic heterocycles. The first kappa shape index (κ1) is 12.1. The maximum absolute atomic E-state index is 12.9. The van der Waals surface area contributed by atoms with Crippen molar-refractivity contribution in [3.8, 4) is 0 Å². The van der Waals surface area contributed by atoms with E-state index in [0.29, 0.717) is 6.54 Å². The highest BCUT2D eigenvalue weighted by atomic mass is 19.1. The molecule has 0 amide bonds. The van der Waals surface area contributed by atoms with Gasteiger partial charge in [0, 0.05) is 25.4 Å². The average molecular weight is 212 g/mol. The van der Waals surface area contributed by atoms with Crippen LogP contribution in [0.3, 0.4) is 0 Å². The van der Waals surface area contributed by atoms with Crippen LogP contribution < -0.4 is 5.32 Å². The highest BCUT2D eigenvalue weighted by Gasteiger charge is 2.07. The Balaban J connectivity index is 2.50. The van der Waals surface area contributed by atoms with Gasteiger partial charge in [0.05, 0.1) is 6.20 Å². The Morgan fingerprint density at radius 1 is 1.47 bits per heavy atom. The van der Waals surface area contributed by atoms with E-state index in [0.717, 1.165) is 5.56 Å². The van der Waals surface area contributed by atoms with Crippen LogP contribution >= 0.6 is 0 Å². The summed E-state index contributed by atoms with van der Waals surface area (Å²) in [5.41, 5.74) is 0.820. The van der Waals surface area contributed by atoms with Gasteiger partial charge in [-0.05, 0) is 24.5 Å². The van der Waals surface area contributed by atoms with Crippen LogP contribution in [0.2, 0.25) is 0 Å². The summed E-state index contributed by atoms with van der Waals surface area (Å²) >= 11 is 0. The topological polar surface area (TPSA) is 45.1 Å². The van der Waals surface area contributed by atoms with Crippen LogP contribution in [0.1, 0.15) is 25.5 Å². The molecule has 0 aliphatic rings. The minimum absolute atomic E-state index is 0.0437. The molecule has 2 N–H and O–H groups in total. The Labute approximate surface area is 89.4 Å². The van der Waals surface area contributed by atoms with E-state index in [1.807, 2.05) is 13.8 Å². The number of aliphatic hydroxyl groups is 1. The molecule has 0 spiro atoms. The van der Waals surface area contributed by atoms with Gasteiger partial charge in [-0.3, -0.25) is 4.98 Å². The fourth-order valence-corrected chi connectivity index (χ4v) is 1.23. The van der Waals surface area contributed by atoms with E-state index in [9.17, 15) is 4.39 Å². The Kier molecular flexibility index (Phi) is 4.65. The van der Waals surface area contributed by atoms with Crippen LogP contribution in [-0.4, -0.2) is 23.2 Å². The molecule has 0 aliphatic carbocycles. The van der Waals surface area contributed by atoms with Gasteiger partial charge in [-0.25, -0.2) is 4.39 Å². The standard InChI is InChI=1S/C11H17FN2O/c1-8(7-15)4-14-9(2)10-3-11(12)6-13-5-10/h3,5-6,8-9,14-15H,4,7H2,1-2H3. The Hall–Kier alpha value is -1.00. The summed E-state index contributed by atoms with van der Waals surface area (Å²) in [7, 11) is 0. The third kappa shape index (κ3) is 3.93. The van der Waals surface area contributed by atoms with Crippen molar-refractivity contribution in [3.05, 3.63) is 29.8 Å². The van der Waals surface area contributed by atoms with Crippen molar-refractivity contribution in [1.82, 2.24) is 10.3 Å². The molecule has 1 rings (SSSR count). The summed E-state index contributed by atoms with van der Waals surface area (Å²) in [4.78, 5) is 3.79. The highest BCUT2D eigenvalue weighted by Crippen LogP contribution is 2.11. The van der Waals surface area contributed by atoms with Crippen molar-refractivity contribution < 1.29 is 9.50 Å². The molecular weight excluding hydrogens is 195 g/mol. The molecule has 2 atom stereocenters. The highest BCUT2D eigenvalue weighted by molar-refractivity contribution is 5.14. The van der Waals surface area contributed by atoms with Crippen molar-refractivity contribution in [2.75, 3.05) is 13.2 Å². The Morgan fingerprint density at radius 2 is 2.20 bits per heavy atom. The molecule has 0 bridgehead atoms. The number of hydrogen-bond acceptors (Lipinski definition) is 3. The summed E-state index contributed by atoms with van der Waals surface area (Å²) in [6.07, 6.45) is 2.83. The summed E-state index contributed by atoms with van der Waals surface area (Å²) in [5.74, 6) is -0.120. The summed E-state index contributed by atoms with van der Waals surface area (Å²) in [6, 6.07) is 1.51. The number of pyridine rings is 1. The minimum atomic E-state index is -0.323. The molecule has 2 unspecified atom stereocenters. The molecule has 0 saturated carbocycles. The van der Waals surface area contributed by atoms with Crippen LogP contribution in [0.25, 0.3) is 0 Å². The first-order chi connectivity index (χ1) is 7.13. The number of aliphatic hydroxyl groups excluding tert-OH is 1. The molecule has 1 heterocycles. The molecule has 15 heavy (non-hydrogen) atoms. The normalized spacial score (nSPS) is 14.9. The predicted molar refractivity (Wildman–Crippen MR) is 56.9 cm³/mol. The molecule has 1 aromatic heterocycles. The van der Waals surface area contributed by atoms with Gasteiger partial charge in [0.2, 0.25) is 0 Å². The lowest BCUT2D eigenvalue weighted by molar-refractivity contribution is 0.231. The van der Waals surface area contributed by atoms with E-state index in [1.54, 1.807) is 6.20 Å². The summed E-state index contributed by atoms with van der Waals surface area (Å²) < 4.78 is 12.9. The quantitative estimate of drug-likeness (QED) is 0.777. The maximum atomic E-state index is 12.9. The molecule has 0 radical (unpaired) electrons. The van der Waals surface area contributed by atoms with Gasteiger partial charge in [-0.15, -0.1) is 0 Å². The second-order valence-corrected chi connectivity index (χ2v) is 3.85. The number of nitrogens with zero attached hydrogens (tertiary/aromatic N) is 1. The molecule has 3 nitrogen and oxygen atoms in total. The summed E-state index contributed by atoms with van der Waals surface area (Å²) in [6.45, 7) is 4.75. The van der Waals surface area contributed by atoms with Crippen molar-refractivity contribution >= 4 is 0 Å². The average Bonchev–Trinajstić information content (AvgIpc) is 2.25. The number of hydrogen-bond donors (Lipinski definition) is 2. The predicted octanol–water partition coefficient (Wildman–Crippen LogP) is 1.50. The number of rotatable bonds is 5. The second kappa shape index (κ2) is 5.78. The Morgan fingerprint density at radius 3 is 2.80 bits per heavy atom. The summed E-state index contributed by atoms with van der Waals surface area (Å²) in [5, 5.41) is 12.1. The molecule has 0 aromatic carbocycles. The zero-order valence-corrected chi connectivity index (χ0v) is 9.07. The first-order valence-corrected chi connectivity index (χ1v) is 5.08. The largest absolute Gasteiger partial charge is 0.396 e. The van der Waals surface area contributed by atoms with Gasteiger partial charge >= 0.3 is 0 Å². The van der Waals surface area contributed by atoms with Gasteiger partial charge in [0.1, 0.15) is 5.82 Å². The van der Waals surface area contributed by atoms with E-state index in [4.69, 9.17) is 5.11 Å². The monoisotopic (exact) mass is 212 g/mol. The van der Waals surface area contributed by atoms with Crippen molar-refractivity contribution in [1.29, 1.82) is 0 Å². The molecule has 0 fully saturated rings. The van der Waals surface area contributed by atoms with E-state index >= 15 is 0 Å². The number of halogens is 1. The van der Waals surface area contributed by atoms with E-state index in [2.05, 4.69) is 10.3 Å². The van der Waals surface area contributed by atoms with Crippen molar-refractivity contribution in [2.45, 2.75) is 19.9 Å². The van der Waals surface area contributed by atoms with Crippen molar-refractivity contribution in [3.63, 3.8) is 0 Å². The lowest BCUT2D eigenvalue weighted by Gasteiger charge is -2.16. The van der Waals surface area contributed by atoms with E-state index in [1.165, 1.54) is 12.3 Å². The first-order valence-electron chi connectivity index (χ1n) is 5.08. The van der Waals surface area contributed by atoms with Crippen LogP contribution in [0.5, 0.6) is 0 Å². The molecule has 0 saturated heterocycles. The fraction of sp³-hybridized carbons (Fsp3) is 0.545. The lowest BCUT2D eigenvalue weighted by atomic mass is 10.1. The number of aromatic nitrogens is 1. The molecule has 1 aromatic rings. The second-order valence-electron chi connectivity index (χ2n) is 3.85. The van der Waals surface area contributed by atoms with Crippen LogP contribution in [-0.2, 0) is 0 Å². The van der Waals surface area contributed by atoms with Crippen LogP contribution in [0.15, 0.2) is 18.5 Å². The van der Waals surface area contributed by atoms with Gasteiger partial charge in [-0.2, -0.15) is 0 Å². The van der Waals surface area contributed by atoms with Gasteiger partial charge in [0.25, 0.3) is 0 Å². The zero-order valence-electron chi connectivity index (χ0n) is 9.07. The molecular formula is C11H17FN2O. The lowest BCUT2D eigenvalue weighted by Crippen LogP contribution is -2.26.